The molecular formula is C13H17N5O3. The molecule has 0 aliphatic carbocycles. The zero-order chi connectivity index (χ0) is 16.0. The molecule has 0 aliphatic rings. The molecule has 0 spiro atoms. The lowest BCUT2D eigenvalue weighted by Crippen LogP contribution is -2.31. The van der Waals surface area contributed by atoms with E-state index < -0.39 is 10.8 Å². The van der Waals surface area contributed by atoms with E-state index in [9.17, 15) is 14.9 Å². The number of nitriles is 1. The predicted octanol–water partition coefficient (Wildman–Crippen LogP) is 1.65. The van der Waals surface area contributed by atoms with Crippen molar-refractivity contribution in [1.29, 1.82) is 5.26 Å². The van der Waals surface area contributed by atoms with Gasteiger partial charge in [0.1, 0.15) is 12.0 Å². The van der Waals surface area contributed by atoms with E-state index in [-0.39, 0.29) is 23.7 Å². The average Bonchev–Trinajstić information content (AvgIpc) is 2.46. The van der Waals surface area contributed by atoms with Crippen LogP contribution < -0.4 is 5.32 Å². The van der Waals surface area contributed by atoms with E-state index >= 15 is 0 Å². The number of anilines is 1. The Morgan fingerprint density at radius 1 is 1.67 bits per heavy atom. The summed E-state index contributed by atoms with van der Waals surface area (Å²) in [5.41, 5.74) is -0.125. The molecule has 1 heterocycles. The van der Waals surface area contributed by atoms with Gasteiger partial charge in [-0.1, -0.05) is 0 Å². The summed E-state index contributed by atoms with van der Waals surface area (Å²) in [5.74, 6) is -0.443. The van der Waals surface area contributed by atoms with E-state index in [1.54, 1.807) is 14.0 Å². The molecule has 1 aromatic rings. The molecule has 1 atom stereocenters. The van der Waals surface area contributed by atoms with Crippen LogP contribution >= 0.6 is 0 Å². The van der Waals surface area contributed by atoms with Gasteiger partial charge in [0.2, 0.25) is 0 Å². The molecule has 1 amide bonds. The quantitative estimate of drug-likeness (QED) is 0.630. The minimum Gasteiger partial charge on any atom is -0.370 e. The summed E-state index contributed by atoms with van der Waals surface area (Å²) < 4.78 is 0. The van der Waals surface area contributed by atoms with Crippen molar-refractivity contribution in [2.45, 2.75) is 13.8 Å². The maximum absolute atomic E-state index is 12.4. The molecule has 8 heteroatoms. The Balaban J connectivity index is 3.13. The molecule has 21 heavy (non-hydrogen) atoms. The second-order valence-electron chi connectivity index (χ2n) is 4.59. The Morgan fingerprint density at radius 3 is 2.86 bits per heavy atom. The molecule has 1 N–H and O–H groups in total. The first kappa shape index (κ1) is 16.4. The number of nitro groups is 1. The summed E-state index contributed by atoms with van der Waals surface area (Å²) in [7, 11) is 1.55. The third-order valence-corrected chi connectivity index (χ3v) is 2.77. The molecule has 0 saturated carbocycles. The molecule has 1 aromatic heterocycles. The molecule has 0 aromatic carbocycles. The van der Waals surface area contributed by atoms with Crippen LogP contribution in [-0.4, -0.2) is 40.9 Å². The van der Waals surface area contributed by atoms with Gasteiger partial charge in [-0.15, -0.1) is 0 Å². The van der Waals surface area contributed by atoms with E-state index in [2.05, 4.69) is 10.3 Å². The van der Waals surface area contributed by atoms with Crippen LogP contribution in [0.5, 0.6) is 0 Å². The highest BCUT2D eigenvalue weighted by Crippen LogP contribution is 2.20. The van der Waals surface area contributed by atoms with Gasteiger partial charge in [-0.25, -0.2) is 4.98 Å². The molecule has 112 valence electrons. The van der Waals surface area contributed by atoms with Crippen LogP contribution in [0.15, 0.2) is 12.3 Å². The van der Waals surface area contributed by atoms with Crippen LogP contribution in [0.2, 0.25) is 0 Å². The molecule has 1 unspecified atom stereocenters. The first-order chi connectivity index (χ1) is 9.90. The lowest BCUT2D eigenvalue weighted by atomic mass is 10.1. The fourth-order valence-electron chi connectivity index (χ4n) is 1.77. The molecule has 8 nitrogen and oxygen atoms in total. The summed E-state index contributed by atoms with van der Waals surface area (Å²) in [4.78, 5) is 27.9. The monoisotopic (exact) mass is 291 g/mol. The number of nitrogens with one attached hydrogen (secondary N) is 1. The van der Waals surface area contributed by atoms with Crippen molar-refractivity contribution >= 4 is 17.4 Å². The Morgan fingerprint density at radius 2 is 2.33 bits per heavy atom. The minimum atomic E-state index is -0.600. The molecule has 0 fully saturated rings. The minimum absolute atomic E-state index is 0.124. The van der Waals surface area contributed by atoms with E-state index in [1.165, 1.54) is 11.0 Å². The Labute approximate surface area is 122 Å². The van der Waals surface area contributed by atoms with Crippen LogP contribution in [0.4, 0.5) is 11.5 Å². The van der Waals surface area contributed by atoms with Crippen molar-refractivity contribution in [3.8, 4) is 6.07 Å². The number of carbonyl (C=O) groups is 1. The van der Waals surface area contributed by atoms with Gasteiger partial charge in [0.25, 0.3) is 11.6 Å². The van der Waals surface area contributed by atoms with Gasteiger partial charge in [0, 0.05) is 26.2 Å². The van der Waals surface area contributed by atoms with Crippen LogP contribution in [0.3, 0.4) is 0 Å². The first-order valence-electron chi connectivity index (χ1n) is 6.44. The second-order valence-corrected chi connectivity index (χ2v) is 4.59. The SMILES string of the molecule is CCNc1ncc([N+](=O)[O-])cc1C(=O)N(C)CC(C)C#N. The summed E-state index contributed by atoms with van der Waals surface area (Å²) in [6.07, 6.45) is 1.10. The van der Waals surface area contributed by atoms with Gasteiger partial charge in [-0.05, 0) is 13.8 Å². The van der Waals surface area contributed by atoms with Crippen molar-refractivity contribution in [2.24, 2.45) is 5.92 Å². The number of hydrogen-bond donors (Lipinski definition) is 1. The summed E-state index contributed by atoms with van der Waals surface area (Å²) in [6.45, 7) is 4.30. The smallest absolute Gasteiger partial charge is 0.288 e. The van der Waals surface area contributed by atoms with Crippen molar-refractivity contribution < 1.29 is 9.72 Å². The highest BCUT2D eigenvalue weighted by Gasteiger charge is 2.21. The highest BCUT2D eigenvalue weighted by molar-refractivity contribution is 5.99. The number of hydrogen-bond acceptors (Lipinski definition) is 6. The molecule has 0 saturated heterocycles. The Kier molecular flexibility index (Phi) is 5.60. The van der Waals surface area contributed by atoms with E-state index in [1.807, 2.05) is 13.0 Å². The highest BCUT2D eigenvalue weighted by atomic mass is 16.6. The zero-order valence-corrected chi connectivity index (χ0v) is 12.2. The van der Waals surface area contributed by atoms with Crippen LogP contribution in [0, 0.1) is 27.4 Å². The number of amides is 1. The maximum atomic E-state index is 12.4. The van der Waals surface area contributed by atoms with Gasteiger partial charge in [-0.3, -0.25) is 14.9 Å². The van der Waals surface area contributed by atoms with E-state index in [0.29, 0.717) is 12.4 Å². The number of aromatic nitrogens is 1. The predicted molar refractivity (Wildman–Crippen MR) is 76.8 cm³/mol. The lowest BCUT2D eigenvalue weighted by Gasteiger charge is -2.19. The molecule has 0 aliphatic heterocycles. The van der Waals surface area contributed by atoms with E-state index in [0.717, 1.165) is 6.20 Å². The van der Waals surface area contributed by atoms with Crippen LogP contribution in [0.1, 0.15) is 24.2 Å². The topological polar surface area (TPSA) is 112 Å². The number of pyridine rings is 1. The molecule has 0 bridgehead atoms. The summed E-state index contributed by atoms with van der Waals surface area (Å²) in [5, 5.41) is 22.5. The third-order valence-electron chi connectivity index (χ3n) is 2.77. The van der Waals surface area contributed by atoms with Crippen LogP contribution in [0.25, 0.3) is 0 Å². The number of carbonyl (C=O) groups excluding carboxylic acids is 1. The fourth-order valence-corrected chi connectivity index (χ4v) is 1.77. The Hall–Kier alpha value is -2.69. The largest absolute Gasteiger partial charge is 0.370 e. The lowest BCUT2D eigenvalue weighted by molar-refractivity contribution is -0.385. The maximum Gasteiger partial charge on any atom is 0.288 e. The third kappa shape index (κ3) is 4.14. The Bertz CT molecular complexity index is 582. The summed E-state index contributed by atoms with van der Waals surface area (Å²) >= 11 is 0. The second kappa shape index (κ2) is 7.19. The average molecular weight is 291 g/mol. The van der Waals surface area contributed by atoms with Gasteiger partial charge in [0.15, 0.2) is 0 Å². The van der Waals surface area contributed by atoms with Crippen molar-refractivity contribution in [3.63, 3.8) is 0 Å². The van der Waals surface area contributed by atoms with Crippen molar-refractivity contribution in [1.82, 2.24) is 9.88 Å². The summed E-state index contributed by atoms with van der Waals surface area (Å²) in [6, 6.07) is 3.23. The molecule has 0 radical (unpaired) electrons. The van der Waals surface area contributed by atoms with Crippen molar-refractivity contribution in [3.05, 3.63) is 27.9 Å². The molecule has 1 rings (SSSR count). The number of rotatable bonds is 6. The zero-order valence-electron chi connectivity index (χ0n) is 12.2. The normalized spacial score (nSPS) is 11.3. The number of nitrogens with zero attached hydrogens (tertiary/aromatic N) is 4. The fraction of sp³-hybridized carbons (Fsp3) is 0.462. The molecular weight excluding hydrogens is 274 g/mol. The van der Waals surface area contributed by atoms with Crippen LogP contribution in [-0.2, 0) is 0 Å². The standard InChI is InChI=1S/C13H17N5O3/c1-4-15-12-11(5-10(7-16-12)18(20)21)13(19)17(3)8-9(2)6-14/h5,7,9H,4,8H2,1-3H3,(H,15,16). The van der Waals surface area contributed by atoms with Gasteiger partial charge >= 0.3 is 0 Å². The van der Waals surface area contributed by atoms with Crippen molar-refractivity contribution in [2.75, 3.05) is 25.5 Å². The van der Waals surface area contributed by atoms with E-state index in [4.69, 9.17) is 5.26 Å². The van der Waals surface area contributed by atoms with Gasteiger partial charge in [0.05, 0.1) is 22.5 Å². The first-order valence-corrected chi connectivity index (χ1v) is 6.44. The van der Waals surface area contributed by atoms with Gasteiger partial charge in [-0.2, -0.15) is 5.26 Å². The van der Waals surface area contributed by atoms with Gasteiger partial charge < -0.3 is 10.2 Å².